The Balaban J connectivity index is 1.90. The summed E-state index contributed by atoms with van der Waals surface area (Å²) in [5, 5.41) is 0. The second-order valence-corrected chi connectivity index (χ2v) is 5.99. The highest BCUT2D eigenvalue weighted by Gasteiger charge is 2.12. The molecule has 0 aliphatic rings. The van der Waals surface area contributed by atoms with Crippen LogP contribution in [0.4, 0.5) is 5.69 Å². The number of sulfonamides is 1. The van der Waals surface area contributed by atoms with E-state index in [1.54, 1.807) is 36.8 Å². The van der Waals surface area contributed by atoms with E-state index in [2.05, 4.69) is 14.7 Å². The van der Waals surface area contributed by atoms with Crippen molar-refractivity contribution in [3.8, 4) is 0 Å². The van der Waals surface area contributed by atoms with Crippen molar-refractivity contribution >= 4 is 15.7 Å². The van der Waals surface area contributed by atoms with Crippen LogP contribution in [0.3, 0.4) is 0 Å². The van der Waals surface area contributed by atoms with Gasteiger partial charge in [0.25, 0.3) is 0 Å². The SMILES string of the molecule is Nc1ccccc1CS(=O)(=O)NCCc1cnc[nH]1. The topological polar surface area (TPSA) is 101 Å². The Morgan fingerprint density at radius 1 is 1.32 bits per heavy atom. The number of nitrogens with zero attached hydrogens (tertiary/aromatic N) is 1. The van der Waals surface area contributed by atoms with Crippen LogP contribution in [0.5, 0.6) is 0 Å². The number of aromatic amines is 1. The van der Waals surface area contributed by atoms with E-state index in [-0.39, 0.29) is 5.75 Å². The number of nitrogens with one attached hydrogen (secondary N) is 2. The lowest BCUT2D eigenvalue weighted by Crippen LogP contribution is -2.27. The van der Waals surface area contributed by atoms with Crippen LogP contribution in [0.1, 0.15) is 11.3 Å². The van der Waals surface area contributed by atoms with Crippen LogP contribution in [0.25, 0.3) is 0 Å². The lowest BCUT2D eigenvalue weighted by Gasteiger charge is -2.08. The summed E-state index contributed by atoms with van der Waals surface area (Å²) in [6.45, 7) is 0.331. The number of hydrogen-bond donors (Lipinski definition) is 3. The van der Waals surface area contributed by atoms with Gasteiger partial charge in [0.15, 0.2) is 0 Å². The summed E-state index contributed by atoms with van der Waals surface area (Å²) in [6, 6.07) is 6.95. The first kappa shape index (κ1) is 13.6. The van der Waals surface area contributed by atoms with Crippen LogP contribution in [-0.4, -0.2) is 24.9 Å². The summed E-state index contributed by atoms with van der Waals surface area (Å²) in [5.41, 5.74) is 7.71. The van der Waals surface area contributed by atoms with Crippen molar-refractivity contribution in [3.05, 3.63) is 48.0 Å². The smallest absolute Gasteiger partial charge is 0.215 e. The van der Waals surface area contributed by atoms with Crippen molar-refractivity contribution in [3.63, 3.8) is 0 Å². The maximum atomic E-state index is 11.9. The Labute approximate surface area is 112 Å². The first-order chi connectivity index (χ1) is 9.07. The number of imidazole rings is 1. The van der Waals surface area contributed by atoms with E-state index in [1.165, 1.54) is 0 Å². The number of anilines is 1. The lowest BCUT2D eigenvalue weighted by molar-refractivity contribution is 0.580. The summed E-state index contributed by atoms with van der Waals surface area (Å²) < 4.78 is 26.3. The molecule has 0 bridgehead atoms. The molecule has 1 heterocycles. The molecule has 0 saturated heterocycles. The van der Waals surface area contributed by atoms with Gasteiger partial charge in [0, 0.05) is 30.5 Å². The van der Waals surface area contributed by atoms with E-state index in [9.17, 15) is 8.42 Å². The van der Waals surface area contributed by atoms with Crippen molar-refractivity contribution in [2.24, 2.45) is 0 Å². The Bertz CT molecular complexity index is 623. The molecule has 0 unspecified atom stereocenters. The van der Waals surface area contributed by atoms with Gasteiger partial charge in [0.1, 0.15) is 0 Å². The average molecular weight is 280 g/mol. The summed E-state index contributed by atoms with van der Waals surface area (Å²) in [5.74, 6) is -0.108. The van der Waals surface area contributed by atoms with Gasteiger partial charge in [-0.15, -0.1) is 0 Å². The number of aromatic nitrogens is 2. The van der Waals surface area contributed by atoms with E-state index in [4.69, 9.17) is 5.73 Å². The summed E-state index contributed by atoms with van der Waals surface area (Å²) >= 11 is 0. The minimum Gasteiger partial charge on any atom is -0.398 e. The molecule has 0 atom stereocenters. The molecule has 7 heteroatoms. The molecular weight excluding hydrogens is 264 g/mol. The largest absolute Gasteiger partial charge is 0.398 e. The van der Waals surface area contributed by atoms with E-state index in [0.717, 1.165) is 5.69 Å². The molecule has 4 N–H and O–H groups in total. The fourth-order valence-corrected chi connectivity index (χ4v) is 2.87. The van der Waals surface area contributed by atoms with E-state index in [0.29, 0.717) is 24.2 Å². The van der Waals surface area contributed by atoms with Gasteiger partial charge in [-0.3, -0.25) is 0 Å². The lowest BCUT2D eigenvalue weighted by atomic mass is 10.2. The van der Waals surface area contributed by atoms with Crippen LogP contribution < -0.4 is 10.5 Å². The van der Waals surface area contributed by atoms with Crippen molar-refractivity contribution in [2.45, 2.75) is 12.2 Å². The fourth-order valence-electron chi connectivity index (χ4n) is 1.68. The molecule has 1 aromatic heterocycles. The van der Waals surface area contributed by atoms with Gasteiger partial charge in [0.05, 0.1) is 12.1 Å². The standard InChI is InChI=1S/C12H16N4O2S/c13-12-4-2-1-3-10(12)8-19(17,18)16-6-5-11-7-14-9-15-11/h1-4,7,9,16H,5-6,8,13H2,(H,14,15). The number of benzene rings is 1. The minimum atomic E-state index is -3.37. The summed E-state index contributed by atoms with van der Waals surface area (Å²) in [6.07, 6.45) is 3.81. The third-order valence-electron chi connectivity index (χ3n) is 2.67. The molecule has 0 saturated carbocycles. The van der Waals surface area contributed by atoms with Crippen LogP contribution in [0.2, 0.25) is 0 Å². The predicted molar refractivity (Wildman–Crippen MR) is 73.8 cm³/mol. The first-order valence-corrected chi connectivity index (χ1v) is 7.50. The molecular formula is C12H16N4O2S. The molecule has 102 valence electrons. The third-order valence-corrected chi connectivity index (χ3v) is 4.01. The van der Waals surface area contributed by atoms with Gasteiger partial charge in [0.2, 0.25) is 10.0 Å². The Morgan fingerprint density at radius 2 is 2.11 bits per heavy atom. The molecule has 6 nitrogen and oxygen atoms in total. The van der Waals surface area contributed by atoms with Crippen molar-refractivity contribution in [2.75, 3.05) is 12.3 Å². The molecule has 0 spiro atoms. The zero-order valence-electron chi connectivity index (χ0n) is 10.3. The third kappa shape index (κ3) is 4.08. The van der Waals surface area contributed by atoms with Crippen LogP contribution in [0.15, 0.2) is 36.8 Å². The number of nitrogens with two attached hydrogens (primary N) is 1. The zero-order chi connectivity index (χ0) is 13.7. The highest BCUT2D eigenvalue weighted by atomic mass is 32.2. The van der Waals surface area contributed by atoms with Crippen molar-refractivity contribution in [1.82, 2.24) is 14.7 Å². The molecule has 0 amide bonds. The monoisotopic (exact) mass is 280 g/mol. The van der Waals surface area contributed by atoms with Crippen molar-refractivity contribution in [1.29, 1.82) is 0 Å². The van der Waals surface area contributed by atoms with E-state index >= 15 is 0 Å². The summed E-state index contributed by atoms with van der Waals surface area (Å²) in [4.78, 5) is 6.78. The maximum absolute atomic E-state index is 11.9. The van der Waals surface area contributed by atoms with Crippen LogP contribution in [-0.2, 0) is 22.2 Å². The Hall–Kier alpha value is -1.86. The molecule has 2 rings (SSSR count). The second-order valence-electron chi connectivity index (χ2n) is 4.18. The van der Waals surface area contributed by atoms with Gasteiger partial charge >= 0.3 is 0 Å². The van der Waals surface area contributed by atoms with Crippen LogP contribution >= 0.6 is 0 Å². The minimum absolute atomic E-state index is 0.108. The highest BCUT2D eigenvalue weighted by Crippen LogP contribution is 2.13. The molecule has 2 aromatic rings. The van der Waals surface area contributed by atoms with Crippen LogP contribution in [0, 0.1) is 0 Å². The number of hydrogen-bond acceptors (Lipinski definition) is 4. The van der Waals surface area contributed by atoms with Gasteiger partial charge in [-0.2, -0.15) is 0 Å². The first-order valence-electron chi connectivity index (χ1n) is 5.85. The maximum Gasteiger partial charge on any atom is 0.215 e. The van der Waals surface area contributed by atoms with Gasteiger partial charge in [-0.25, -0.2) is 18.1 Å². The van der Waals surface area contributed by atoms with Gasteiger partial charge in [-0.05, 0) is 11.6 Å². The van der Waals surface area contributed by atoms with E-state index in [1.807, 2.05) is 0 Å². The Morgan fingerprint density at radius 3 is 2.79 bits per heavy atom. The highest BCUT2D eigenvalue weighted by molar-refractivity contribution is 7.88. The number of rotatable bonds is 6. The second kappa shape index (κ2) is 5.85. The van der Waals surface area contributed by atoms with E-state index < -0.39 is 10.0 Å². The summed E-state index contributed by atoms with van der Waals surface area (Å²) in [7, 11) is -3.37. The quantitative estimate of drug-likeness (QED) is 0.676. The fraction of sp³-hybridized carbons (Fsp3) is 0.250. The molecule has 0 aliphatic carbocycles. The van der Waals surface area contributed by atoms with Crippen molar-refractivity contribution < 1.29 is 8.42 Å². The molecule has 0 aliphatic heterocycles. The zero-order valence-corrected chi connectivity index (χ0v) is 11.2. The molecule has 0 radical (unpaired) electrons. The molecule has 19 heavy (non-hydrogen) atoms. The number of nitrogen functional groups attached to an aromatic ring is 1. The van der Waals surface area contributed by atoms with Gasteiger partial charge in [-0.1, -0.05) is 18.2 Å². The molecule has 1 aromatic carbocycles. The average Bonchev–Trinajstić information content (AvgIpc) is 2.85. The van der Waals surface area contributed by atoms with Gasteiger partial charge < -0.3 is 10.7 Å². The normalized spacial score (nSPS) is 11.6. The number of para-hydroxylation sites is 1. The molecule has 0 fully saturated rings. The number of H-pyrrole nitrogens is 1. The predicted octanol–water partition coefficient (Wildman–Crippen LogP) is 0.654. The Kier molecular flexibility index (Phi) is 4.18.